The number of benzene rings is 1. The molecule has 0 heterocycles. The maximum Gasteiger partial charge on any atom is 0.00104 e. The quantitative estimate of drug-likeness (QED) is 0.759. The zero-order valence-electron chi connectivity index (χ0n) is 12.7. The van der Waals surface area contributed by atoms with Crippen LogP contribution in [0.25, 0.3) is 0 Å². The SMILES string of the molecule is CCCC(CNC(C)C)Cc1c(C)cccc1C. The Kier molecular flexibility index (Phi) is 6.42. The summed E-state index contributed by atoms with van der Waals surface area (Å²) >= 11 is 0. The van der Waals surface area contributed by atoms with Crippen LogP contribution in [0.2, 0.25) is 0 Å². The van der Waals surface area contributed by atoms with Crippen LogP contribution in [0.15, 0.2) is 18.2 Å². The van der Waals surface area contributed by atoms with Gasteiger partial charge in [-0.1, -0.05) is 45.4 Å². The molecule has 0 saturated carbocycles. The minimum absolute atomic E-state index is 0.585. The van der Waals surface area contributed by atoms with Gasteiger partial charge in [0.05, 0.1) is 0 Å². The molecule has 0 aliphatic heterocycles. The third-order valence-corrected chi connectivity index (χ3v) is 3.65. The average molecular weight is 247 g/mol. The Morgan fingerprint density at radius 2 is 1.72 bits per heavy atom. The first-order valence-corrected chi connectivity index (χ1v) is 7.33. The van der Waals surface area contributed by atoms with E-state index in [4.69, 9.17) is 0 Å². The van der Waals surface area contributed by atoms with Gasteiger partial charge in [0, 0.05) is 6.04 Å². The minimum Gasteiger partial charge on any atom is -0.314 e. The summed E-state index contributed by atoms with van der Waals surface area (Å²) in [4.78, 5) is 0. The van der Waals surface area contributed by atoms with E-state index >= 15 is 0 Å². The summed E-state index contributed by atoms with van der Waals surface area (Å²) in [5, 5.41) is 3.59. The van der Waals surface area contributed by atoms with Crippen molar-refractivity contribution in [3.8, 4) is 0 Å². The van der Waals surface area contributed by atoms with Crippen LogP contribution in [0.3, 0.4) is 0 Å². The predicted octanol–water partition coefficient (Wildman–Crippen LogP) is 4.26. The molecule has 0 aromatic heterocycles. The molecule has 0 fully saturated rings. The monoisotopic (exact) mass is 247 g/mol. The van der Waals surface area contributed by atoms with Crippen molar-refractivity contribution >= 4 is 0 Å². The van der Waals surface area contributed by atoms with E-state index in [2.05, 4.69) is 58.1 Å². The van der Waals surface area contributed by atoms with E-state index in [1.165, 1.54) is 30.4 Å². The van der Waals surface area contributed by atoms with Gasteiger partial charge in [-0.3, -0.25) is 0 Å². The van der Waals surface area contributed by atoms with Gasteiger partial charge in [-0.15, -0.1) is 0 Å². The zero-order chi connectivity index (χ0) is 13.5. The number of aryl methyl sites for hydroxylation is 2. The zero-order valence-corrected chi connectivity index (χ0v) is 12.7. The average Bonchev–Trinajstić information content (AvgIpc) is 2.30. The molecule has 1 atom stereocenters. The minimum atomic E-state index is 0.585. The third kappa shape index (κ3) is 4.81. The lowest BCUT2D eigenvalue weighted by Gasteiger charge is -2.21. The van der Waals surface area contributed by atoms with Crippen molar-refractivity contribution in [2.24, 2.45) is 5.92 Å². The van der Waals surface area contributed by atoms with E-state index in [9.17, 15) is 0 Å². The Hall–Kier alpha value is -0.820. The van der Waals surface area contributed by atoms with Gasteiger partial charge < -0.3 is 5.32 Å². The molecule has 18 heavy (non-hydrogen) atoms. The van der Waals surface area contributed by atoms with Crippen LogP contribution < -0.4 is 5.32 Å². The van der Waals surface area contributed by atoms with E-state index < -0.39 is 0 Å². The van der Waals surface area contributed by atoms with Gasteiger partial charge in [-0.2, -0.15) is 0 Å². The summed E-state index contributed by atoms with van der Waals surface area (Å²) in [6.45, 7) is 12.3. The predicted molar refractivity (Wildman–Crippen MR) is 81.2 cm³/mol. The standard InChI is InChI=1S/C17H29N/c1-6-8-16(12-18-13(2)3)11-17-14(4)9-7-10-15(17)5/h7,9-10,13,16,18H,6,8,11-12H2,1-5H3. The molecular formula is C17H29N. The van der Waals surface area contributed by atoms with E-state index in [1.54, 1.807) is 5.56 Å². The van der Waals surface area contributed by atoms with Crippen molar-refractivity contribution in [2.45, 2.75) is 59.9 Å². The lowest BCUT2D eigenvalue weighted by molar-refractivity contribution is 0.417. The Balaban J connectivity index is 2.70. The largest absolute Gasteiger partial charge is 0.314 e. The van der Waals surface area contributed by atoms with Crippen LogP contribution in [0.1, 0.15) is 50.3 Å². The van der Waals surface area contributed by atoms with Gasteiger partial charge in [0.2, 0.25) is 0 Å². The normalized spacial score (nSPS) is 13.0. The first-order valence-electron chi connectivity index (χ1n) is 7.33. The Bertz CT molecular complexity index is 334. The molecule has 0 aliphatic rings. The molecule has 0 bridgehead atoms. The highest BCUT2D eigenvalue weighted by Gasteiger charge is 2.12. The maximum absolute atomic E-state index is 3.59. The van der Waals surface area contributed by atoms with Gasteiger partial charge in [-0.25, -0.2) is 0 Å². The second kappa shape index (κ2) is 7.58. The molecule has 1 N–H and O–H groups in total. The van der Waals surface area contributed by atoms with E-state index in [-0.39, 0.29) is 0 Å². The van der Waals surface area contributed by atoms with Gasteiger partial charge >= 0.3 is 0 Å². The van der Waals surface area contributed by atoms with Crippen LogP contribution in [-0.4, -0.2) is 12.6 Å². The van der Waals surface area contributed by atoms with Crippen molar-refractivity contribution in [1.29, 1.82) is 0 Å². The molecule has 1 heteroatoms. The number of rotatable bonds is 7. The Labute approximate surface area is 113 Å². The number of nitrogens with one attached hydrogen (secondary N) is 1. The van der Waals surface area contributed by atoms with Crippen molar-refractivity contribution in [2.75, 3.05) is 6.54 Å². The van der Waals surface area contributed by atoms with E-state index in [0.717, 1.165) is 12.5 Å². The summed E-state index contributed by atoms with van der Waals surface area (Å²) in [5.74, 6) is 0.761. The van der Waals surface area contributed by atoms with Gasteiger partial charge in [0.15, 0.2) is 0 Å². The molecule has 1 aromatic rings. The van der Waals surface area contributed by atoms with Crippen LogP contribution in [0, 0.1) is 19.8 Å². The van der Waals surface area contributed by atoms with E-state index in [1.807, 2.05) is 0 Å². The summed E-state index contributed by atoms with van der Waals surface area (Å²) in [6.07, 6.45) is 3.80. The number of hydrogen-bond donors (Lipinski definition) is 1. The maximum atomic E-state index is 3.59. The lowest BCUT2D eigenvalue weighted by Crippen LogP contribution is -2.30. The summed E-state index contributed by atoms with van der Waals surface area (Å²) in [7, 11) is 0. The first-order chi connectivity index (χ1) is 8.54. The Morgan fingerprint density at radius 3 is 2.22 bits per heavy atom. The summed E-state index contributed by atoms with van der Waals surface area (Å²) in [5.41, 5.74) is 4.45. The van der Waals surface area contributed by atoms with Crippen LogP contribution >= 0.6 is 0 Å². The van der Waals surface area contributed by atoms with Crippen molar-refractivity contribution in [3.05, 3.63) is 34.9 Å². The topological polar surface area (TPSA) is 12.0 Å². The molecule has 0 spiro atoms. The molecule has 102 valence electrons. The van der Waals surface area contributed by atoms with Crippen LogP contribution in [0.4, 0.5) is 0 Å². The molecule has 1 aromatic carbocycles. The highest BCUT2D eigenvalue weighted by Crippen LogP contribution is 2.20. The molecule has 0 saturated heterocycles. The third-order valence-electron chi connectivity index (χ3n) is 3.65. The van der Waals surface area contributed by atoms with Gasteiger partial charge in [0.25, 0.3) is 0 Å². The molecule has 0 aliphatic carbocycles. The molecular weight excluding hydrogens is 218 g/mol. The van der Waals surface area contributed by atoms with Crippen molar-refractivity contribution in [1.82, 2.24) is 5.32 Å². The fraction of sp³-hybridized carbons (Fsp3) is 0.647. The van der Waals surface area contributed by atoms with Gasteiger partial charge in [0.1, 0.15) is 0 Å². The second-order valence-corrected chi connectivity index (χ2v) is 5.79. The second-order valence-electron chi connectivity index (χ2n) is 5.79. The molecule has 1 unspecified atom stereocenters. The highest BCUT2D eigenvalue weighted by molar-refractivity contribution is 5.33. The fourth-order valence-corrected chi connectivity index (χ4v) is 2.55. The molecule has 0 radical (unpaired) electrons. The number of hydrogen-bond acceptors (Lipinski definition) is 1. The van der Waals surface area contributed by atoms with Crippen LogP contribution in [0.5, 0.6) is 0 Å². The molecule has 1 rings (SSSR count). The summed E-state index contributed by atoms with van der Waals surface area (Å²) < 4.78 is 0. The fourth-order valence-electron chi connectivity index (χ4n) is 2.55. The Morgan fingerprint density at radius 1 is 1.11 bits per heavy atom. The van der Waals surface area contributed by atoms with Crippen molar-refractivity contribution in [3.63, 3.8) is 0 Å². The van der Waals surface area contributed by atoms with Crippen LogP contribution in [-0.2, 0) is 6.42 Å². The summed E-state index contributed by atoms with van der Waals surface area (Å²) in [6, 6.07) is 7.22. The van der Waals surface area contributed by atoms with E-state index in [0.29, 0.717) is 6.04 Å². The molecule has 0 amide bonds. The van der Waals surface area contributed by atoms with Crippen molar-refractivity contribution < 1.29 is 0 Å². The molecule has 1 nitrogen and oxygen atoms in total. The first kappa shape index (κ1) is 15.2. The highest BCUT2D eigenvalue weighted by atomic mass is 14.9. The van der Waals surface area contributed by atoms with Gasteiger partial charge in [-0.05, 0) is 55.8 Å². The smallest absolute Gasteiger partial charge is 0.00104 e. The lowest BCUT2D eigenvalue weighted by atomic mass is 9.90.